The van der Waals surface area contributed by atoms with Gasteiger partial charge in [0.05, 0.1) is 11.1 Å². The van der Waals surface area contributed by atoms with Crippen LogP contribution >= 0.6 is 0 Å². The second-order valence-electron chi connectivity index (χ2n) is 10.2. The molecule has 0 fully saturated rings. The molecule has 0 bridgehead atoms. The number of carbonyl (C=O) groups is 2. The van der Waals surface area contributed by atoms with E-state index in [4.69, 9.17) is 9.47 Å². The summed E-state index contributed by atoms with van der Waals surface area (Å²) in [7, 11) is 0. The maximum Gasteiger partial charge on any atom is 0.419 e. The summed E-state index contributed by atoms with van der Waals surface area (Å²) in [6, 6.07) is 12.0. The molecule has 0 saturated carbocycles. The van der Waals surface area contributed by atoms with Gasteiger partial charge in [-0.25, -0.2) is 0 Å². The minimum Gasteiger partial charge on any atom is -0.457 e. The molecule has 5 rings (SSSR count). The third-order valence-electron chi connectivity index (χ3n) is 6.90. The van der Waals surface area contributed by atoms with Crippen LogP contribution < -0.4 is 14.8 Å². The number of imide groups is 1. The van der Waals surface area contributed by atoms with Crippen molar-refractivity contribution in [3.63, 3.8) is 0 Å². The van der Waals surface area contributed by atoms with Crippen molar-refractivity contribution in [1.82, 2.24) is 5.32 Å². The van der Waals surface area contributed by atoms with Gasteiger partial charge in [0, 0.05) is 12.2 Å². The maximum atomic E-state index is 14.5. The molecule has 17 heteroatoms. The number of rotatable bonds is 6. The summed E-state index contributed by atoms with van der Waals surface area (Å²) in [6.45, 7) is 0. The third kappa shape index (κ3) is 8.03. The van der Waals surface area contributed by atoms with E-state index in [2.05, 4.69) is 0 Å². The van der Waals surface area contributed by atoms with Gasteiger partial charge < -0.3 is 9.47 Å². The van der Waals surface area contributed by atoms with Crippen LogP contribution in [-0.4, -0.2) is 24.2 Å². The van der Waals surface area contributed by atoms with Gasteiger partial charge in [0.2, 0.25) is 5.41 Å². The summed E-state index contributed by atoms with van der Waals surface area (Å²) in [4.78, 5) is 20.1. The van der Waals surface area contributed by atoms with Gasteiger partial charge in [-0.2, -0.15) is 52.7 Å². The van der Waals surface area contributed by atoms with Crippen molar-refractivity contribution < 1.29 is 71.7 Å². The van der Waals surface area contributed by atoms with Crippen LogP contribution in [0.4, 0.5) is 52.7 Å². The zero-order chi connectivity index (χ0) is 37.1. The van der Waals surface area contributed by atoms with E-state index in [1.165, 1.54) is 24.3 Å². The Morgan fingerprint density at radius 3 is 1.02 bits per heavy atom. The molecule has 1 aliphatic heterocycles. The smallest absolute Gasteiger partial charge is 0.419 e. The van der Waals surface area contributed by atoms with E-state index < -0.39 is 75.4 Å². The topological polar surface area (TPSA) is 64.6 Å². The van der Waals surface area contributed by atoms with E-state index in [0.29, 0.717) is 60.7 Å². The van der Waals surface area contributed by atoms with Gasteiger partial charge in [0.25, 0.3) is 11.8 Å². The van der Waals surface area contributed by atoms with Crippen molar-refractivity contribution in [1.29, 1.82) is 0 Å². The number of para-hydroxylation sites is 2. The van der Waals surface area contributed by atoms with E-state index in [1.807, 2.05) is 5.32 Å². The minimum atomic E-state index is -6.01. The van der Waals surface area contributed by atoms with Crippen molar-refractivity contribution in [3.05, 3.63) is 131 Å². The van der Waals surface area contributed by atoms with E-state index in [-0.39, 0.29) is 11.8 Å². The number of hydrogen-bond donors (Lipinski definition) is 1. The van der Waals surface area contributed by atoms with Crippen LogP contribution in [0.2, 0.25) is 0 Å². The molecule has 5 nitrogen and oxygen atoms in total. The first-order valence-electron chi connectivity index (χ1n) is 13.7. The lowest BCUT2D eigenvalue weighted by molar-refractivity contribution is -0.288. The summed E-state index contributed by atoms with van der Waals surface area (Å²) in [6.07, 6.45) is -19.3. The number of amides is 2. The number of benzene rings is 4. The van der Waals surface area contributed by atoms with Gasteiger partial charge >= 0.3 is 24.7 Å². The number of nitrogens with one attached hydrogen (secondary N) is 1. The fourth-order valence-electron chi connectivity index (χ4n) is 4.72. The molecule has 0 unspecified atom stereocenters. The van der Waals surface area contributed by atoms with Gasteiger partial charge in [0.1, 0.15) is 23.0 Å². The lowest BCUT2D eigenvalue weighted by Gasteiger charge is -2.38. The Balaban J connectivity index is 0.000000714. The molecule has 4 aromatic rings. The van der Waals surface area contributed by atoms with Crippen LogP contribution in [0.5, 0.6) is 23.0 Å². The van der Waals surface area contributed by atoms with E-state index in [1.54, 1.807) is 0 Å². The summed E-state index contributed by atoms with van der Waals surface area (Å²) in [5.41, 5.74) is -9.79. The number of halogens is 12. The second kappa shape index (κ2) is 13.8. The van der Waals surface area contributed by atoms with Crippen LogP contribution in [0.25, 0.3) is 0 Å². The average molecular weight is 721 g/mol. The Bertz CT molecular complexity index is 1720. The molecule has 0 radical (unpaired) electrons. The van der Waals surface area contributed by atoms with Gasteiger partial charge in [-0.15, -0.1) is 0 Å². The van der Waals surface area contributed by atoms with Crippen molar-refractivity contribution in [2.45, 2.75) is 30.1 Å². The third-order valence-corrected chi connectivity index (χ3v) is 6.90. The first-order chi connectivity index (χ1) is 23.1. The molecule has 0 aromatic heterocycles. The number of carbonyl (C=O) groups excluding carboxylic acids is 2. The molecule has 1 aliphatic rings. The molecule has 50 heavy (non-hydrogen) atoms. The number of alkyl halides is 12. The molecular formula is C33H19F12NO4. The predicted octanol–water partition coefficient (Wildman–Crippen LogP) is 9.92. The molecule has 0 spiro atoms. The minimum absolute atomic E-state index is 0.329. The summed E-state index contributed by atoms with van der Waals surface area (Å²) in [5, 5.41) is 2.03. The molecule has 2 amide bonds. The molecule has 4 aromatic carbocycles. The lowest BCUT2D eigenvalue weighted by Crippen LogP contribution is -2.54. The summed E-state index contributed by atoms with van der Waals surface area (Å²) >= 11 is 0. The van der Waals surface area contributed by atoms with Crippen molar-refractivity contribution in [2.75, 3.05) is 0 Å². The van der Waals surface area contributed by atoms with Gasteiger partial charge in [-0.05, 0) is 59.7 Å². The van der Waals surface area contributed by atoms with Crippen LogP contribution in [0, 0.1) is 0 Å². The largest absolute Gasteiger partial charge is 0.457 e. The Hall–Kier alpha value is -5.48. The van der Waals surface area contributed by atoms with E-state index in [0.717, 1.165) is 24.3 Å². The first-order valence-corrected chi connectivity index (χ1v) is 13.7. The molecule has 264 valence electrons. The number of ether oxygens (including phenoxy) is 2. The Morgan fingerprint density at radius 1 is 0.440 bits per heavy atom. The van der Waals surface area contributed by atoms with E-state index in [9.17, 15) is 62.3 Å². The second-order valence-corrected chi connectivity index (χ2v) is 10.2. The van der Waals surface area contributed by atoms with Gasteiger partial charge in [-0.3, -0.25) is 14.9 Å². The number of hydrogen-bond acceptors (Lipinski definition) is 4. The van der Waals surface area contributed by atoms with Crippen LogP contribution in [0.1, 0.15) is 22.3 Å². The molecule has 0 saturated heterocycles. The van der Waals surface area contributed by atoms with E-state index >= 15 is 0 Å². The Kier molecular flexibility index (Phi) is 10.3. The van der Waals surface area contributed by atoms with Crippen LogP contribution in [0.15, 0.2) is 109 Å². The average Bonchev–Trinajstić information content (AvgIpc) is 3.39. The molecule has 0 aliphatic carbocycles. The quantitative estimate of drug-likeness (QED) is 0.159. The zero-order valence-electron chi connectivity index (χ0n) is 24.6. The monoisotopic (exact) mass is 721 g/mol. The highest BCUT2D eigenvalue weighted by Gasteiger charge is 2.72. The maximum absolute atomic E-state index is 14.5. The fraction of sp³-hybridized carbons (Fsp3) is 0.152. The van der Waals surface area contributed by atoms with Crippen LogP contribution in [0.3, 0.4) is 0 Å². The fourth-order valence-corrected chi connectivity index (χ4v) is 4.72. The summed E-state index contributed by atoms with van der Waals surface area (Å²) in [5.74, 6) is -3.08. The normalized spacial score (nSPS) is 13.8. The van der Waals surface area contributed by atoms with Gasteiger partial charge in [-0.1, -0.05) is 48.5 Å². The standard InChI is InChI=1S/C29H16F12O2.C4H3NO2/c30-26(31,32)21-5-1-3-7-23(21)42-19-13-9-17(10-14-19)25(28(36,37)38,29(39,40)41)18-11-15-20(16-12-18)43-24-8-4-2-6-22(24)27(33,34)35;6-3-1-2-4(7)5-3/h1-16H;1-2H,(H,5,6,7). The Labute approximate surface area is 273 Å². The summed E-state index contributed by atoms with van der Waals surface area (Å²) < 4.78 is 177. The van der Waals surface area contributed by atoms with Crippen molar-refractivity contribution >= 4 is 11.8 Å². The highest BCUT2D eigenvalue weighted by molar-refractivity contribution is 6.12. The first kappa shape index (κ1) is 37.3. The van der Waals surface area contributed by atoms with Crippen molar-refractivity contribution in [2.24, 2.45) is 0 Å². The Morgan fingerprint density at radius 2 is 0.760 bits per heavy atom. The van der Waals surface area contributed by atoms with Crippen LogP contribution in [-0.2, 0) is 27.4 Å². The molecular weight excluding hydrogens is 702 g/mol. The molecule has 0 atom stereocenters. The molecule has 1 heterocycles. The lowest BCUT2D eigenvalue weighted by atomic mass is 9.73. The van der Waals surface area contributed by atoms with Gasteiger partial charge in [0.15, 0.2) is 0 Å². The zero-order valence-corrected chi connectivity index (χ0v) is 24.6. The highest BCUT2D eigenvalue weighted by atomic mass is 19.4. The molecule has 1 N–H and O–H groups in total. The SMILES string of the molecule is FC(F)(F)c1ccccc1Oc1ccc(C(c2ccc(Oc3ccccc3C(F)(F)F)cc2)(C(F)(F)F)C(F)(F)F)cc1.O=C1C=CC(=O)N1. The highest BCUT2D eigenvalue weighted by Crippen LogP contribution is 2.56. The van der Waals surface area contributed by atoms with Crippen molar-refractivity contribution in [3.8, 4) is 23.0 Å². The predicted molar refractivity (Wildman–Crippen MR) is 151 cm³/mol.